The number of sulfone groups is 1. The van der Waals surface area contributed by atoms with Gasteiger partial charge < -0.3 is 15.4 Å². The van der Waals surface area contributed by atoms with Gasteiger partial charge in [-0.25, -0.2) is 12.8 Å². The van der Waals surface area contributed by atoms with Gasteiger partial charge in [-0.3, -0.25) is 4.99 Å². The third kappa shape index (κ3) is 6.44. The van der Waals surface area contributed by atoms with Crippen LogP contribution in [0.2, 0.25) is 0 Å². The number of benzene rings is 1. The predicted octanol–water partition coefficient (Wildman–Crippen LogP) is 2.75. The molecule has 2 N–H and O–H groups in total. The molecule has 1 aliphatic rings. The molecule has 1 fully saturated rings. The fourth-order valence-corrected chi connectivity index (χ4v) is 4.87. The fourth-order valence-electron chi connectivity index (χ4n) is 3.63. The van der Waals surface area contributed by atoms with Crippen LogP contribution in [0.15, 0.2) is 34.2 Å². The van der Waals surface area contributed by atoms with Crippen molar-refractivity contribution in [2.24, 2.45) is 10.4 Å². The zero-order chi connectivity index (χ0) is 20.5. The topological polar surface area (TPSA) is 79.8 Å². The van der Waals surface area contributed by atoms with E-state index in [9.17, 15) is 12.8 Å². The summed E-state index contributed by atoms with van der Waals surface area (Å²) in [5, 5.41) is 6.23. The fraction of sp³-hybridized carbons (Fsp3) is 0.650. The third-order valence-electron chi connectivity index (χ3n) is 5.25. The minimum atomic E-state index is -3.69. The van der Waals surface area contributed by atoms with Crippen molar-refractivity contribution in [3.05, 3.63) is 30.1 Å². The molecule has 0 amide bonds. The molecular weight excluding hydrogens is 381 g/mol. The highest BCUT2D eigenvalue weighted by Crippen LogP contribution is 2.41. The van der Waals surface area contributed by atoms with Crippen LogP contribution < -0.4 is 10.6 Å². The Kier molecular flexibility index (Phi) is 8.69. The second-order valence-corrected chi connectivity index (χ2v) is 9.40. The highest BCUT2D eigenvalue weighted by atomic mass is 32.2. The van der Waals surface area contributed by atoms with E-state index in [1.54, 1.807) is 7.11 Å². The van der Waals surface area contributed by atoms with E-state index < -0.39 is 15.7 Å². The molecule has 0 aliphatic heterocycles. The number of nitrogens with one attached hydrogen (secondary N) is 2. The minimum Gasteiger partial charge on any atom is -0.385 e. The van der Waals surface area contributed by atoms with Gasteiger partial charge in [0.2, 0.25) is 0 Å². The Balaban J connectivity index is 1.96. The Morgan fingerprint density at radius 2 is 1.96 bits per heavy atom. The summed E-state index contributed by atoms with van der Waals surface area (Å²) < 4.78 is 43.8. The van der Waals surface area contributed by atoms with Gasteiger partial charge in [-0.05, 0) is 43.7 Å². The Labute approximate surface area is 167 Å². The average Bonchev–Trinajstić information content (AvgIpc) is 3.14. The molecule has 1 saturated carbocycles. The van der Waals surface area contributed by atoms with Crippen molar-refractivity contribution < 1.29 is 17.5 Å². The summed E-state index contributed by atoms with van der Waals surface area (Å²) in [7, 11) is -1.98. The van der Waals surface area contributed by atoms with Crippen molar-refractivity contribution in [1.29, 1.82) is 0 Å². The zero-order valence-corrected chi connectivity index (χ0v) is 17.7. The van der Waals surface area contributed by atoms with Crippen molar-refractivity contribution in [3.8, 4) is 0 Å². The number of rotatable bonds is 10. The van der Waals surface area contributed by atoms with Crippen LogP contribution in [0.5, 0.6) is 0 Å². The number of methoxy groups -OCH3 is 1. The predicted molar refractivity (Wildman–Crippen MR) is 110 cm³/mol. The van der Waals surface area contributed by atoms with Gasteiger partial charge in [0.15, 0.2) is 15.8 Å². The standard InChI is InChI=1S/C20H32FN3O3S/c1-3-22-19(24-16-20(12-14-27-2)10-6-7-11-20)23-13-15-28(25,26)18-9-5-4-8-17(18)21/h4-5,8-9H,3,6-7,10-16H2,1-2H3,(H2,22,23,24). The van der Waals surface area contributed by atoms with Gasteiger partial charge in [0, 0.05) is 33.4 Å². The Bertz CT molecular complexity index is 747. The van der Waals surface area contributed by atoms with Crippen LogP contribution in [0.25, 0.3) is 0 Å². The van der Waals surface area contributed by atoms with Crippen molar-refractivity contribution in [3.63, 3.8) is 0 Å². The second-order valence-electron chi connectivity index (χ2n) is 7.32. The van der Waals surface area contributed by atoms with E-state index in [0.29, 0.717) is 19.0 Å². The quantitative estimate of drug-likeness (QED) is 0.455. The molecule has 0 spiro atoms. The highest BCUT2D eigenvalue weighted by Gasteiger charge is 2.33. The van der Waals surface area contributed by atoms with Crippen LogP contribution in [0.4, 0.5) is 4.39 Å². The maximum Gasteiger partial charge on any atom is 0.191 e. The van der Waals surface area contributed by atoms with E-state index in [4.69, 9.17) is 9.73 Å². The highest BCUT2D eigenvalue weighted by molar-refractivity contribution is 7.91. The van der Waals surface area contributed by atoms with Crippen molar-refractivity contribution in [2.45, 2.75) is 43.9 Å². The SMILES string of the molecule is CCNC(=NCC1(CCOC)CCCC1)NCCS(=O)(=O)c1ccccc1F. The molecule has 0 bridgehead atoms. The lowest BCUT2D eigenvalue weighted by molar-refractivity contribution is 0.141. The van der Waals surface area contributed by atoms with Crippen LogP contribution in [0, 0.1) is 11.2 Å². The monoisotopic (exact) mass is 413 g/mol. The molecule has 1 aliphatic carbocycles. The van der Waals surface area contributed by atoms with E-state index >= 15 is 0 Å². The van der Waals surface area contributed by atoms with Gasteiger partial charge in [-0.2, -0.15) is 0 Å². The third-order valence-corrected chi connectivity index (χ3v) is 7.00. The number of hydrogen-bond acceptors (Lipinski definition) is 4. The minimum absolute atomic E-state index is 0.160. The van der Waals surface area contributed by atoms with Gasteiger partial charge in [-0.15, -0.1) is 0 Å². The van der Waals surface area contributed by atoms with Crippen molar-refractivity contribution in [2.75, 3.05) is 39.1 Å². The average molecular weight is 414 g/mol. The van der Waals surface area contributed by atoms with Gasteiger partial charge in [0.1, 0.15) is 10.7 Å². The van der Waals surface area contributed by atoms with Crippen molar-refractivity contribution in [1.82, 2.24) is 10.6 Å². The second kappa shape index (κ2) is 10.8. The molecule has 0 unspecified atom stereocenters. The summed E-state index contributed by atoms with van der Waals surface area (Å²) in [6, 6.07) is 5.46. The first-order chi connectivity index (χ1) is 13.4. The van der Waals surface area contributed by atoms with Crippen molar-refractivity contribution >= 4 is 15.8 Å². The summed E-state index contributed by atoms with van der Waals surface area (Å²) in [4.78, 5) is 4.44. The first kappa shape index (κ1) is 22.6. The molecule has 158 valence electrons. The lowest BCUT2D eigenvalue weighted by atomic mass is 9.83. The van der Waals surface area contributed by atoms with Crippen LogP contribution in [0.3, 0.4) is 0 Å². The summed E-state index contributed by atoms with van der Waals surface area (Å²) in [5.74, 6) is -0.327. The van der Waals surface area contributed by atoms with Crippen LogP contribution in [0.1, 0.15) is 39.0 Å². The first-order valence-corrected chi connectivity index (χ1v) is 11.6. The lowest BCUT2D eigenvalue weighted by Gasteiger charge is -2.27. The van der Waals surface area contributed by atoms with Gasteiger partial charge >= 0.3 is 0 Å². The molecule has 2 rings (SSSR count). The maximum absolute atomic E-state index is 13.8. The van der Waals surface area contributed by atoms with Gasteiger partial charge in [0.25, 0.3) is 0 Å². The normalized spacial score (nSPS) is 16.9. The van der Waals surface area contributed by atoms with E-state index in [2.05, 4.69) is 10.6 Å². The number of nitrogens with zero attached hydrogens (tertiary/aromatic N) is 1. The molecule has 28 heavy (non-hydrogen) atoms. The molecule has 0 heterocycles. The van der Waals surface area contributed by atoms with Gasteiger partial charge in [0.05, 0.1) is 5.75 Å². The summed E-state index contributed by atoms with van der Waals surface area (Å²) in [6.45, 7) is 4.21. The van der Waals surface area contributed by atoms with E-state index in [1.807, 2.05) is 6.92 Å². The number of guanidine groups is 1. The Morgan fingerprint density at radius 1 is 1.25 bits per heavy atom. The summed E-state index contributed by atoms with van der Waals surface area (Å²) in [5.41, 5.74) is 0.164. The van der Waals surface area contributed by atoms with E-state index in [1.165, 1.54) is 31.0 Å². The maximum atomic E-state index is 13.8. The molecule has 0 aromatic heterocycles. The molecule has 1 aromatic rings. The number of ether oxygens (including phenoxy) is 1. The van der Waals surface area contributed by atoms with Crippen LogP contribution >= 0.6 is 0 Å². The molecule has 0 atom stereocenters. The zero-order valence-electron chi connectivity index (χ0n) is 16.8. The number of halogens is 1. The molecule has 0 saturated heterocycles. The number of aliphatic imine (C=N–C) groups is 1. The molecular formula is C20H32FN3O3S. The lowest BCUT2D eigenvalue weighted by Crippen LogP contribution is -2.40. The largest absolute Gasteiger partial charge is 0.385 e. The first-order valence-electron chi connectivity index (χ1n) is 9.91. The van der Waals surface area contributed by atoms with E-state index in [0.717, 1.165) is 31.9 Å². The van der Waals surface area contributed by atoms with Gasteiger partial charge in [-0.1, -0.05) is 25.0 Å². The molecule has 8 heteroatoms. The van der Waals surface area contributed by atoms with E-state index in [-0.39, 0.29) is 22.6 Å². The Morgan fingerprint density at radius 3 is 2.61 bits per heavy atom. The smallest absolute Gasteiger partial charge is 0.191 e. The summed E-state index contributed by atoms with van der Waals surface area (Å²) in [6.07, 6.45) is 5.68. The number of hydrogen-bond donors (Lipinski definition) is 2. The summed E-state index contributed by atoms with van der Waals surface area (Å²) >= 11 is 0. The molecule has 0 radical (unpaired) electrons. The Hall–Kier alpha value is -1.67. The van der Waals surface area contributed by atoms with Crippen LogP contribution in [-0.2, 0) is 14.6 Å². The molecule has 1 aromatic carbocycles. The molecule has 6 nitrogen and oxygen atoms in total. The van der Waals surface area contributed by atoms with Crippen LogP contribution in [-0.4, -0.2) is 53.5 Å².